The summed E-state index contributed by atoms with van der Waals surface area (Å²) in [6.07, 6.45) is 6.78. The summed E-state index contributed by atoms with van der Waals surface area (Å²) in [5.74, 6) is 0. The van der Waals surface area contributed by atoms with E-state index in [2.05, 4.69) is 195 Å². The van der Waals surface area contributed by atoms with Gasteiger partial charge in [0.25, 0.3) is 0 Å². The maximum absolute atomic E-state index is 9.28. The second-order valence-electron chi connectivity index (χ2n) is 19.0. The van der Waals surface area contributed by atoms with Gasteiger partial charge in [-0.2, -0.15) is 0 Å². The molecule has 0 bridgehead atoms. The van der Waals surface area contributed by atoms with E-state index in [4.69, 9.17) is 0 Å². The molecule has 6 aromatic rings. The van der Waals surface area contributed by atoms with Crippen molar-refractivity contribution in [2.24, 2.45) is 0 Å². The molecule has 4 heteroatoms. The van der Waals surface area contributed by atoms with E-state index in [1.54, 1.807) is 0 Å². The van der Waals surface area contributed by atoms with Gasteiger partial charge >= 0.3 is 360 Å². The van der Waals surface area contributed by atoms with Crippen LogP contribution in [0.15, 0.2) is 139 Å². The van der Waals surface area contributed by atoms with Crippen LogP contribution in [0.1, 0.15) is 109 Å². The topological polar surface area (TPSA) is 0 Å². The minimum absolute atomic E-state index is 0.0142. The van der Waals surface area contributed by atoms with E-state index in [1.165, 1.54) is 91.6 Å². The standard InChI is InChI=1S/2C21H23.C12H9Si.2ClH.Zr/c2*1-5-15-13-16-9-8-11-17(19(16)14-15)18-10-6-7-12-20(18)21(2,3)4;1-3-7-11-9(5-1)10-6-2-4-8-12(10)13-11;;;/h2*6-14H,5H2,1-4H3;1-7H,13H2;2*1H;/q;;;;;+2/p-2. The third-order valence-corrected chi connectivity index (χ3v) is 36.4. The summed E-state index contributed by atoms with van der Waals surface area (Å²) < 4.78 is 1.11. The van der Waals surface area contributed by atoms with Gasteiger partial charge in [-0.3, -0.25) is 0 Å². The van der Waals surface area contributed by atoms with Gasteiger partial charge in [-0.1, -0.05) is 0 Å². The van der Waals surface area contributed by atoms with Gasteiger partial charge in [0.05, 0.1) is 0 Å². The third-order valence-electron chi connectivity index (χ3n) is 13.6. The Bertz CT molecular complexity index is 2570. The first-order chi connectivity index (χ1) is 27.7. The van der Waals surface area contributed by atoms with E-state index in [1.807, 2.05) is 0 Å². The molecule has 0 fully saturated rings. The molecule has 9 rings (SSSR count). The quantitative estimate of drug-likeness (QED) is 0.140. The summed E-state index contributed by atoms with van der Waals surface area (Å²) in [4.78, 5) is 0. The molecule has 58 heavy (non-hydrogen) atoms. The van der Waals surface area contributed by atoms with Crippen LogP contribution >= 0.6 is 17.0 Å². The fraction of sp³-hybridized carbons (Fsp3) is 0.259. The van der Waals surface area contributed by atoms with Crippen LogP contribution in [0, 0.1) is 0 Å². The monoisotopic (exact) mass is 891 g/mol. The first-order valence-corrected chi connectivity index (χ1v) is 33.1. The van der Waals surface area contributed by atoms with Crippen molar-refractivity contribution in [3.8, 4) is 33.4 Å². The molecule has 2 aliphatic carbocycles. The Morgan fingerprint density at radius 2 is 0.897 bits per heavy atom. The zero-order valence-electron chi connectivity index (χ0n) is 35.3. The van der Waals surface area contributed by atoms with Crippen molar-refractivity contribution in [1.82, 2.24) is 0 Å². The van der Waals surface area contributed by atoms with E-state index < -0.39 is 25.9 Å². The molecule has 0 amide bonds. The summed E-state index contributed by atoms with van der Waals surface area (Å²) in [7, 11) is 17.7. The number of fused-ring (bicyclic) bond motifs is 5. The Morgan fingerprint density at radius 3 is 1.38 bits per heavy atom. The van der Waals surface area contributed by atoms with E-state index >= 15 is 0 Å². The van der Waals surface area contributed by atoms with Crippen LogP contribution in [-0.2, 0) is 27.2 Å². The van der Waals surface area contributed by atoms with E-state index in [0.29, 0.717) is 0 Å². The van der Waals surface area contributed by atoms with Gasteiger partial charge in [0, 0.05) is 0 Å². The number of hydrogen-bond acceptors (Lipinski definition) is 0. The normalized spacial score (nSPS) is 18.2. The Labute approximate surface area is 357 Å². The summed E-state index contributed by atoms with van der Waals surface area (Å²) in [5.41, 5.74) is 18.5. The van der Waals surface area contributed by atoms with Crippen LogP contribution in [0.2, 0.25) is 0 Å². The number of rotatable bonds is 7. The Kier molecular flexibility index (Phi) is 9.84. The second-order valence-corrected chi connectivity index (χ2v) is 41.5. The molecule has 3 aliphatic rings. The van der Waals surface area contributed by atoms with Crippen LogP contribution < -0.4 is 13.6 Å². The van der Waals surface area contributed by atoms with Gasteiger partial charge in [0.1, 0.15) is 0 Å². The minimum atomic E-state index is -5.59. The van der Waals surface area contributed by atoms with E-state index in [-0.39, 0.29) is 18.1 Å². The number of allylic oxidation sites excluding steroid dienone is 2. The van der Waals surface area contributed by atoms with Crippen molar-refractivity contribution in [1.29, 1.82) is 0 Å². The van der Waals surface area contributed by atoms with Gasteiger partial charge in [0.2, 0.25) is 0 Å². The molecule has 0 saturated heterocycles. The SMILES string of the molecule is CCC1=Cc2c(-c3ccccc3C(C)(C)C)cccc2[CH]1[Zr]([Cl])([Cl])([c]1cccc2c1[SiH2]c1ccccc1-2)[CH]1C(CC)=Cc2c(-c3ccccc3C(C)(C)C)cccc21. The zero-order valence-corrected chi connectivity index (χ0v) is 40.7. The molecule has 2 atom stereocenters. The Hall–Kier alpha value is -3.52. The Morgan fingerprint density at radius 1 is 0.483 bits per heavy atom. The first-order valence-electron chi connectivity index (χ1n) is 21.3. The molecule has 0 nitrogen and oxygen atoms in total. The summed E-state index contributed by atoms with van der Waals surface area (Å²) in [6, 6.07) is 48.0. The average molecular weight is 894 g/mol. The predicted octanol–water partition coefficient (Wildman–Crippen LogP) is 13.4. The molecule has 0 radical (unpaired) electrons. The fourth-order valence-corrected chi connectivity index (χ4v) is 39.4. The van der Waals surface area contributed by atoms with Crippen molar-refractivity contribution in [2.45, 2.75) is 86.3 Å². The van der Waals surface area contributed by atoms with Crippen LogP contribution in [-0.4, -0.2) is 9.52 Å². The molecule has 0 N–H and O–H groups in total. The van der Waals surface area contributed by atoms with Crippen LogP contribution in [0.5, 0.6) is 0 Å². The van der Waals surface area contributed by atoms with Gasteiger partial charge in [0.15, 0.2) is 0 Å². The summed E-state index contributed by atoms with van der Waals surface area (Å²) in [6.45, 7) is 18.6. The van der Waals surface area contributed by atoms with Crippen molar-refractivity contribution < 1.29 is 16.4 Å². The molecular weight excluding hydrogens is 839 g/mol. The van der Waals surface area contributed by atoms with Crippen molar-refractivity contribution in [3.63, 3.8) is 0 Å². The van der Waals surface area contributed by atoms with Gasteiger partial charge in [-0.05, 0) is 0 Å². The molecule has 0 spiro atoms. The molecule has 1 aliphatic heterocycles. The molecule has 0 aromatic heterocycles. The van der Waals surface area contributed by atoms with Crippen LogP contribution in [0.25, 0.3) is 45.5 Å². The number of halogens is 2. The summed E-state index contributed by atoms with van der Waals surface area (Å²) in [5, 5.41) is 2.96. The third kappa shape index (κ3) is 6.06. The second kappa shape index (κ2) is 14.3. The molecular formula is C54H55Cl2SiZr. The molecule has 1 heterocycles. The molecule has 293 valence electrons. The van der Waals surface area contributed by atoms with Crippen molar-refractivity contribution in [2.75, 3.05) is 0 Å². The average Bonchev–Trinajstić information content (AvgIpc) is 3.92. The van der Waals surface area contributed by atoms with Crippen LogP contribution in [0.4, 0.5) is 0 Å². The predicted molar refractivity (Wildman–Crippen MR) is 254 cm³/mol. The summed E-state index contributed by atoms with van der Waals surface area (Å²) >= 11 is -5.59. The molecule has 6 aromatic carbocycles. The van der Waals surface area contributed by atoms with Gasteiger partial charge in [-0.15, -0.1) is 0 Å². The first kappa shape index (κ1) is 39.9. The van der Waals surface area contributed by atoms with Crippen molar-refractivity contribution in [3.05, 3.63) is 172 Å². The van der Waals surface area contributed by atoms with E-state index in [0.717, 1.165) is 12.8 Å². The van der Waals surface area contributed by atoms with Gasteiger partial charge in [-0.25, -0.2) is 0 Å². The zero-order chi connectivity index (χ0) is 40.8. The number of hydrogen-bond donors (Lipinski definition) is 0. The van der Waals surface area contributed by atoms with Crippen LogP contribution in [0.3, 0.4) is 0 Å². The molecule has 0 saturated carbocycles. The fourth-order valence-electron chi connectivity index (χ4n) is 11.1. The van der Waals surface area contributed by atoms with Gasteiger partial charge < -0.3 is 0 Å². The Balaban J connectivity index is 1.35. The van der Waals surface area contributed by atoms with E-state index in [9.17, 15) is 17.0 Å². The molecule has 2 unspecified atom stereocenters. The maximum atomic E-state index is 9.28. The van der Waals surface area contributed by atoms with Crippen molar-refractivity contribution >= 4 is 52.3 Å². The number of benzene rings is 6.